The van der Waals surface area contributed by atoms with Gasteiger partial charge in [-0.3, -0.25) is 9.59 Å². The predicted octanol–water partition coefficient (Wildman–Crippen LogP) is 13.7. The number of nitrogens with zero attached hydrogens (tertiary/aromatic N) is 1. The molecule has 0 aromatic heterocycles. The van der Waals surface area contributed by atoms with Crippen LogP contribution in [0.2, 0.25) is 0 Å². The number of carbonyl (C=O) groups is 3. The number of carbonyl (C=O) groups excluding carboxylic acids is 3. The summed E-state index contributed by atoms with van der Waals surface area (Å²) in [4.78, 5) is 40.7. The van der Waals surface area contributed by atoms with Crippen molar-refractivity contribution in [3.8, 4) is 0 Å². The van der Waals surface area contributed by atoms with E-state index < -0.39 is 6.03 Å². The van der Waals surface area contributed by atoms with Crippen LogP contribution in [0.1, 0.15) is 245 Å². The Bertz CT molecular complexity index is 713. The molecule has 48 heavy (non-hydrogen) atoms. The summed E-state index contributed by atoms with van der Waals surface area (Å²) in [5, 5.41) is 0. The van der Waals surface area contributed by atoms with Crippen LogP contribution < -0.4 is 5.73 Å². The standard InChI is InChI=1S/C43H82N2O3/c1-3-5-7-9-11-13-15-17-19-21-23-25-27-31-35-39-37-33-29-30-34-38-40(42(47)45(41(39)46)43(44)48)36-32-28-26-24-22-20-18-16-14-12-10-8-6-4-2/h39-40H,3-38H2,1-2H3,(H2,44,48). The Balaban J connectivity index is 2.33. The highest BCUT2D eigenvalue weighted by Crippen LogP contribution is 2.27. The quantitative estimate of drug-likeness (QED) is 0.0608. The number of hydrogen-bond acceptors (Lipinski definition) is 3. The van der Waals surface area contributed by atoms with Crippen molar-refractivity contribution in [3.05, 3.63) is 0 Å². The number of unbranched alkanes of at least 4 members (excludes halogenated alkanes) is 26. The maximum Gasteiger partial charge on any atom is 0.328 e. The van der Waals surface area contributed by atoms with E-state index in [9.17, 15) is 14.4 Å². The molecule has 5 heteroatoms. The minimum atomic E-state index is -0.874. The van der Waals surface area contributed by atoms with Crippen molar-refractivity contribution >= 4 is 17.8 Å². The number of urea groups is 1. The van der Waals surface area contributed by atoms with Crippen LogP contribution in [0.15, 0.2) is 0 Å². The number of hydrogen-bond donors (Lipinski definition) is 1. The summed E-state index contributed by atoms with van der Waals surface area (Å²) in [6.07, 6.45) is 43.8. The fraction of sp³-hybridized carbons (Fsp3) is 0.930. The lowest BCUT2D eigenvalue weighted by Crippen LogP contribution is -2.50. The van der Waals surface area contributed by atoms with Gasteiger partial charge in [-0.15, -0.1) is 0 Å². The van der Waals surface area contributed by atoms with E-state index in [1.165, 1.54) is 154 Å². The number of amides is 4. The van der Waals surface area contributed by atoms with E-state index in [0.29, 0.717) is 0 Å². The van der Waals surface area contributed by atoms with Crippen LogP contribution in [0.4, 0.5) is 4.79 Å². The zero-order valence-electron chi connectivity index (χ0n) is 32.4. The first kappa shape index (κ1) is 44.6. The molecule has 5 nitrogen and oxygen atoms in total. The zero-order valence-corrected chi connectivity index (χ0v) is 32.4. The van der Waals surface area contributed by atoms with Crippen LogP contribution in [-0.2, 0) is 9.59 Å². The lowest BCUT2D eigenvalue weighted by atomic mass is 9.92. The molecule has 2 unspecified atom stereocenters. The average Bonchev–Trinajstić information content (AvgIpc) is 3.09. The largest absolute Gasteiger partial charge is 0.351 e. The van der Waals surface area contributed by atoms with Gasteiger partial charge in [-0.05, 0) is 25.7 Å². The lowest BCUT2D eigenvalue weighted by molar-refractivity contribution is -0.146. The van der Waals surface area contributed by atoms with E-state index in [4.69, 9.17) is 5.73 Å². The van der Waals surface area contributed by atoms with Crippen molar-refractivity contribution < 1.29 is 14.4 Å². The summed E-state index contributed by atoms with van der Waals surface area (Å²) in [6.45, 7) is 4.55. The maximum absolute atomic E-state index is 13.6. The van der Waals surface area contributed by atoms with Crippen LogP contribution in [0.5, 0.6) is 0 Å². The second-order valence-electron chi connectivity index (χ2n) is 15.5. The fourth-order valence-corrected chi connectivity index (χ4v) is 7.78. The summed E-state index contributed by atoms with van der Waals surface area (Å²) in [6, 6.07) is -0.874. The van der Waals surface area contributed by atoms with Gasteiger partial charge >= 0.3 is 6.03 Å². The second kappa shape index (κ2) is 32.8. The minimum absolute atomic E-state index is 0.265. The Labute approximate surface area is 299 Å². The second-order valence-corrected chi connectivity index (χ2v) is 15.5. The summed E-state index contributed by atoms with van der Waals surface area (Å²) in [5.41, 5.74) is 5.73. The molecule has 2 atom stereocenters. The first-order valence-corrected chi connectivity index (χ1v) is 21.7. The summed E-state index contributed by atoms with van der Waals surface area (Å²) in [5.74, 6) is -1.18. The van der Waals surface area contributed by atoms with E-state index in [1.807, 2.05) is 0 Å². The fourth-order valence-electron chi connectivity index (χ4n) is 7.78. The third-order valence-electron chi connectivity index (χ3n) is 11.0. The first-order chi connectivity index (χ1) is 23.5. The van der Waals surface area contributed by atoms with Gasteiger partial charge in [0.25, 0.3) is 0 Å². The molecule has 0 aliphatic carbocycles. The molecule has 4 amide bonds. The minimum Gasteiger partial charge on any atom is -0.351 e. The lowest BCUT2D eigenvalue weighted by Gasteiger charge is -2.26. The summed E-state index contributed by atoms with van der Waals surface area (Å²) < 4.78 is 0. The van der Waals surface area contributed by atoms with Crippen molar-refractivity contribution in [3.63, 3.8) is 0 Å². The number of imide groups is 3. The third-order valence-corrected chi connectivity index (χ3v) is 11.0. The normalized spacial score (nSPS) is 17.9. The summed E-state index contributed by atoms with van der Waals surface area (Å²) in [7, 11) is 0. The Morgan fingerprint density at radius 3 is 0.958 bits per heavy atom. The molecule has 0 radical (unpaired) electrons. The molecule has 1 rings (SSSR count). The van der Waals surface area contributed by atoms with Crippen LogP contribution in [0.25, 0.3) is 0 Å². The monoisotopic (exact) mass is 675 g/mol. The highest BCUT2D eigenvalue weighted by atomic mass is 16.2. The van der Waals surface area contributed by atoms with Crippen LogP contribution in [-0.4, -0.2) is 22.7 Å². The molecule has 1 fully saturated rings. The van der Waals surface area contributed by atoms with E-state index >= 15 is 0 Å². The van der Waals surface area contributed by atoms with Crippen LogP contribution >= 0.6 is 0 Å². The Morgan fingerprint density at radius 2 is 0.708 bits per heavy atom. The molecule has 0 aromatic carbocycles. The van der Waals surface area contributed by atoms with E-state index in [-0.39, 0.29) is 23.7 Å². The zero-order chi connectivity index (χ0) is 34.9. The summed E-state index contributed by atoms with van der Waals surface area (Å²) >= 11 is 0. The molecule has 282 valence electrons. The van der Waals surface area contributed by atoms with Crippen molar-refractivity contribution in [1.29, 1.82) is 0 Å². The van der Waals surface area contributed by atoms with Crippen LogP contribution in [0.3, 0.4) is 0 Å². The molecule has 0 spiro atoms. The van der Waals surface area contributed by atoms with Crippen molar-refractivity contribution in [2.45, 2.75) is 245 Å². The number of rotatable bonds is 30. The van der Waals surface area contributed by atoms with E-state index in [1.54, 1.807) is 0 Å². The van der Waals surface area contributed by atoms with Crippen molar-refractivity contribution in [2.75, 3.05) is 0 Å². The molecule has 0 aromatic rings. The van der Waals surface area contributed by atoms with Gasteiger partial charge in [0.1, 0.15) is 0 Å². The van der Waals surface area contributed by atoms with Gasteiger partial charge in [0.2, 0.25) is 11.8 Å². The SMILES string of the molecule is CCCCCCCCCCCCCCCCC1CCCCCCC(CCCCCCCCCCCCCCCC)C(=O)N(C(N)=O)C1=O. The Morgan fingerprint density at radius 1 is 0.458 bits per heavy atom. The third kappa shape index (κ3) is 23.9. The number of nitrogens with two attached hydrogens (primary N) is 1. The van der Waals surface area contributed by atoms with Gasteiger partial charge in [0.15, 0.2) is 0 Å². The predicted molar refractivity (Wildman–Crippen MR) is 206 cm³/mol. The average molecular weight is 675 g/mol. The smallest absolute Gasteiger partial charge is 0.328 e. The molecule has 1 aliphatic rings. The van der Waals surface area contributed by atoms with Crippen molar-refractivity contribution in [1.82, 2.24) is 4.90 Å². The van der Waals surface area contributed by atoms with Crippen LogP contribution in [0, 0.1) is 11.8 Å². The van der Waals surface area contributed by atoms with Gasteiger partial charge in [-0.25, -0.2) is 9.69 Å². The molecule has 2 N–H and O–H groups in total. The maximum atomic E-state index is 13.6. The van der Waals surface area contributed by atoms with Gasteiger partial charge in [0, 0.05) is 11.8 Å². The Hall–Kier alpha value is -1.39. The molecule has 1 heterocycles. The highest BCUT2D eigenvalue weighted by Gasteiger charge is 2.36. The molecular formula is C43H82N2O3. The van der Waals surface area contributed by atoms with Gasteiger partial charge in [-0.1, -0.05) is 219 Å². The molecular weight excluding hydrogens is 592 g/mol. The number of primary amides is 1. The molecule has 0 saturated carbocycles. The first-order valence-electron chi connectivity index (χ1n) is 21.7. The Kier molecular flexibility index (Phi) is 30.5. The van der Waals surface area contributed by atoms with E-state index in [0.717, 1.165) is 81.9 Å². The topological polar surface area (TPSA) is 80.5 Å². The van der Waals surface area contributed by atoms with Crippen molar-refractivity contribution in [2.24, 2.45) is 17.6 Å². The van der Waals surface area contributed by atoms with Gasteiger partial charge < -0.3 is 5.73 Å². The van der Waals surface area contributed by atoms with Gasteiger partial charge in [-0.2, -0.15) is 0 Å². The molecule has 1 saturated heterocycles. The molecule has 0 bridgehead atoms. The van der Waals surface area contributed by atoms with E-state index in [2.05, 4.69) is 13.8 Å². The molecule has 1 aliphatic heterocycles. The highest BCUT2D eigenvalue weighted by molar-refractivity contribution is 6.11. The van der Waals surface area contributed by atoms with Gasteiger partial charge in [0.05, 0.1) is 0 Å².